The molecule has 1 atom stereocenters. The van der Waals surface area contributed by atoms with Crippen molar-refractivity contribution >= 4 is 52.4 Å². The van der Waals surface area contributed by atoms with Gasteiger partial charge in [-0.05, 0) is 57.1 Å². The first-order valence-corrected chi connectivity index (χ1v) is 14.2. The molecule has 0 spiro atoms. The maximum Gasteiger partial charge on any atom is 0.414 e. The normalized spacial score (nSPS) is 16.6. The summed E-state index contributed by atoms with van der Waals surface area (Å²) in [6.07, 6.45) is 8.48. The molecule has 0 bridgehead atoms. The van der Waals surface area contributed by atoms with E-state index in [2.05, 4.69) is 36.7 Å². The number of para-hydroxylation sites is 1. The van der Waals surface area contributed by atoms with Gasteiger partial charge in [-0.2, -0.15) is 4.98 Å². The summed E-state index contributed by atoms with van der Waals surface area (Å²) in [6.45, 7) is 2.58. The van der Waals surface area contributed by atoms with Gasteiger partial charge in [-0.1, -0.05) is 23.6 Å². The van der Waals surface area contributed by atoms with Crippen molar-refractivity contribution in [1.29, 1.82) is 0 Å². The molecule has 3 heterocycles. The standard InChI is InChI=1S/C30H31ClFN7O4/c1-3-12-33-28(40)21-8-4-9-23(32)26(21)36-27-22(31)17-34-29(37-27)35-19-10-11-24-25(16-19)42-15-6-14-39(24)30(41)43-20-7-5-13-38(2)18-20/h1,4,8-11,16-17,20H,5-7,12-15,18H2,2H3,(H,33,40)(H2,34,35,36,37). The van der Waals surface area contributed by atoms with E-state index in [9.17, 15) is 14.0 Å². The summed E-state index contributed by atoms with van der Waals surface area (Å²) in [5.74, 6) is 1.79. The Bertz CT molecular complexity index is 1550. The molecule has 1 fully saturated rings. The minimum atomic E-state index is -0.681. The van der Waals surface area contributed by atoms with Gasteiger partial charge in [0.25, 0.3) is 5.91 Å². The molecule has 2 aliphatic rings. The summed E-state index contributed by atoms with van der Waals surface area (Å²) in [5, 5.41) is 8.52. The molecular formula is C30H31ClFN7O4. The van der Waals surface area contributed by atoms with Crippen molar-refractivity contribution in [3.8, 4) is 18.1 Å². The number of likely N-dealkylation sites (N-methyl/N-ethyl adjacent to an activating group) is 1. The molecule has 3 aromatic rings. The molecule has 1 saturated heterocycles. The number of piperidine rings is 1. The zero-order valence-corrected chi connectivity index (χ0v) is 24.3. The van der Waals surface area contributed by atoms with Crippen LogP contribution in [0, 0.1) is 18.2 Å². The first kappa shape index (κ1) is 29.9. The number of hydrogen-bond donors (Lipinski definition) is 3. The molecule has 5 rings (SSSR count). The molecule has 0 radical (unpaired) electrons. The number of anilines is 5. The number of ether oxygens (including phenoxy) is 2. The Morgan fingerprint density at radius 1 is 1.23 bits per heavy atom. The van der Waals surface area contributed by atoms with Crippen molar-refractivity contribution in [1.82, 2.24) is 20.2 Å². The zero-order valence-electron chi connectivity index (χ0n) is 23.5. The number of hydrogen-bond acceptors (Lipinski definition) is 9. The van der Waals surface area contributed by atoms with Crippen molar-refractivity contribution in [3.63, 3.8) is 0 Å². The highest BCUT2D eigenvalue weighted by atomic mass is 35.5. The number of carbonyl (C=O) groups is 2. The van der Waals surface area contributed by atoms with Crippen molar-refractivity contribution in [2.75, 3.05) is 55.4 Å². The van der Waals surface area contributed by atoms with Crippen LogP contribution in [-0.4, -0.2) is 72.8 Å². The molecular weight excluding hydrogens is 577 g/mol. The van der Waals surface area contributed by atoms with E-state index < -0.39 is 17.8 Å². The average molecular weight is 608 g/mol. The van der Waals surface area contributed by atoms with Crippen LogP contribution in [0.4, 0.5) is 38.0 Å². The number of rotatable bonds is 7. The molecule has 2 amide bonds. The SMILES string of the molecule is C#CCNC(=O)c1cccc(F)c1Nc1nc(Nc2ccc3c(c2)OCCCN3C(=O)OC2CCCN(C)C2)ncc1Cl. The lowest BCUT2D eigenvalue weighted by Crippen LogP contribution is -2.42. The Morgan fingerprint density at radius 2 is 2.09 bits per heavy atom. The van der Waals surface area contributed by atoms with Gasteiger partial charge in [0.2, 0.25) is 5.95 Å². The van der Waals surface area contributed by atoms with E-state index in [1.54, 1.807) is 23.1 Å². The molecule has 13 heteroatoms. The van der Waals surface area contributed by atoms with Gasteiger partial charge in [0.15, 0.2) is 5.82 Å². The smallest absolute Gasteiger partial charge is 0.414 e. The predicted octanol–water partition coefficient (Wildman–Crippen LogP) is 4.94. The van der Waals surface area contributed by atoms with Crippen LogP contribution in [0.25, 0.3) is 0 Å². The monoisotopic (exact) mass is 607 g/mol. The predicted molar refractivity (Wildman–Crippen MR) is 162 cm³/mol. The van der Waals surface area contributed by atoms with E-state index in [1.807, 2.05) is 7.05 Å². The fourth-order valence-corrected chi connectivity index (χ4v) is 5.03. The number of nitrogens with one attached hydrogen (secondary N) is 3. The Kier molecular flexibility index (Phi) is 9.44. The number of fused-ring (bicyclic) bond motifs is 1. The molecule has 0 aliphatic carbocycles. The summed E-state index contributed by atoms with van der Waals surface area (Å²) in [4.78, 5) is 38.1. The largest absolute Gasteiger partial charge is 0.491 e. The quantitative estimate of drug-likeness (QED) is 0.321. The van der Waals surface area contributed by atoms with Gasteiger partial charge in [0.05, 0.1) is 36.3 Å². The maximum absolute atomic E-state index is 14.8. The molecule has 43 heavy (non-hydrogen) atoms. The number of aromatic nitrogens is 2. The number of carbonyl (C=O) groups excluding carboxylic acids is 2. The zero-order chi connectivity index (χ0) is 30.3. The molecule has 3 N–H and O–H groups in total. The van der Waals surface area contributed by atoms with Crippen LogP contribution < -0.4 is 25.6 Å². The van der Waals surface area contributed by atoms with Gasteiger partial charge in [-0.15, -0.1) is 6.42 Å². The lowest BCUT2D eigenvalue weighted by atomic mass is 10.1. The summed E-state index contributed by atoms with van der Waals surface area (Å²) >= 11 is 6.32. The van der Waals surface area contributed by atoms with Crippen molar-refractivity contribution in [2.24, 2.45) is 0 Å². The van der Waals surface area contributed by atoms with Crippen LogP contribution in [0.1, 0.15) is 29.6 Å². The summed E-state index contributed by atoms with van der Waals surface area (Å²) in [7, 11) is 2.02. The molecule has 1 aromatic heterocycles. The third-order valence-electron chi connectivity index (χ3n) is 6.96. The first-order valence-electron chi connectivity index (χ1n) is 13.8. The highest BCUT2D eigenvalue weighted by molar-refractivity contribution is 6.33. The maximum atomic E-state index is 14.8. The van der Waals surface area contributed by atoms with E-state index >= 15 is 0 Å². The molecule has 2 aromatic carbocycles. The van der Waals surface area contributed by atoms with E-state index in [1.165, 1.54) is 24.4 Å². The Hall–Kier alpha value is -4.60. The van der Waals surface area contributed by atoms with E-state index in [0.29, 0.717) is 43.2 Å². The topological polar surface area (TPSA) is 121 Å². The fraction of sp³-hybridized carbons (Fsp3) is 0.333. The Morgan fingerprint density at radius 3 is 2.91 bits per heavy atom. The summed E-state index contributed by atoms with van der Waals surface area (Å²) < 4.78 is 26.6. The molecule has 2 aliphatic heterocycles. The van der Waals surface area contributed by atoms with Gasteiger partial charge < -0.3 is 30.3 Å². The second kappa shape index (κ2) is 13.6. The van der Waals surface area contributed by atoms with Gasteiger partial charge in [0, 0.05) is 24.8 Å². The van der Waals surface area contributed by atoms with Gasteiger partial charge in [-0.3, -0.25) is 9.69 Å². The van der Waals surface area contributed by atoms with Crippen LogP contribution in [0.15, 0.2) is 42.6 Å². The molecule has 224 valence electrons. The van der Waals surface area contributed by atoms with Crippen molar-refractivity contribution in [3.05, 3.63) is 59.0 Å². The van der Waals surface area contributed by atoms with Crippen LogP contribution in [0.2, 0.25) is 5.02 Å². The van der Waals surface area contributed by atoms with Crippen LogP contribution in [-0.2, 0) is 4.74 Å². The Balaban J connectivity index is 1.33. The minimum absolute atomic E-state index is 0.0152. The van der Waals surface area contributed by atoms with Crippen LogP contribution in [0.5, 0.6) is 5.75 Å². The van der Waals surface area contributed by atoms with Crippen molar-refractivity contribution < 1.29 is 23.5 Å². The second-order valence-corrected chi connectivity index (χ2v) is 10.5. The van der Waals surface area contributed by atoms with Gasteiger partial charge in [-0.25, -0.2) is 14.2 Å². The first-order chi connectivity index (χ1) is 20.8. The van der Waals surface area contributed by atoms with Crippen LogP contribution in [0.3, 0.4) is 0 Å². The number of halogens is 2. The van der Waals surface area contributed by atoms with E-state index in [4.69, 9.17) is 27.5 Å². The summed E-state index contributed by atoms with van der Waals surface area (Å²) in [5.41, 5.74) is 1.10. The van der Waals surface area contributed by atoms with E-state index in [0.717, 1.165) is 19.4 Å². The second-order valence-electron chi connectivity index (χ2n) is 10.1. The number of amides is 2. The third-order valence-corrected chi connectivity index (χ3v) is 7.23. The Labute approximate surface area is 253 Å². The third kappa shape index (κ3) is 7.25. The highest BCUT2D eigenvalue weighted by Crippen LogP contribution is 2.35. The minimum Gasteiger partial charge on any atom is -0.491 e. The molecule has 11 nitrogen and oxygen atoms in total. The number of likely N-dealkylation sites (tertiary alicyclic amines) is 1. The fourth-order valence-electron chi connectivity index (χ4n) is 4.90. The number of terminal acetylenes is 1. The summed E-state index contributed by atoms with van der Waals surface area (Å²) in [6, 6.07) is 9.34. The highest BCUT2D eigenvalue weighted by Gasteiger charge is 2.28. The van der Waals surface area contributed by atoms with Crippen molar-refractivity contribution in [2.45, 2.75) is 25.4 Å². The van der Waals surface area contributed by atoms with Crippen LogP contribution >= 0.6 is 11.6 Å². The molecule has 0 saturated carbocycles. The van der Waals surface area contributed by atoms with Gasteiger partial charge in [0.1, 0.15) is 22.7 Å². The average Bonchev–Trinajstić information content (AvgIpc) is 3.21. The van der Waals surface area contributed by atoms with Gasteiger partial charge >= 0.3 is 6.09 Å². The van der Waals surface area contributed by atoms with E-state index in [-0.39, 0.29) is 40.7 Å². The lowest BCUT2D eigenvalue weighted by Gasteiger charge is -2.31. The molecule has 1 unspecified atom stereocenters. The number of benzene rings is 2. The lowest BCUT2D eigenvalue weighted by molar-refractivity contribution is 0.0551. The number of nitrogens with zero attached hydrogens (tertiary/aromatic N) is 4.